The van der Waals surface area contributed by atoms with Gasteiger partial charge in [0.1, 0.15) is 18.1 Å². The van der Waals surface area contributed by atoms with Crippen molar-refractivity contribution in [2.24, 2.45) is 0 Å². The quantitative estimate of drug-likeness (QED) is 0.120. The molecular weight excluding hydrogens is 542 g/mol. The van der Waals surface area contributed by atoms with E-state index in [2.05, 4.69) is 65.6 Å². The minimum atomic E-state index is -0.171. The fourth-order valence-electron chi connectivity index (χ4n) is 5.06. The number of carbonyl (C=O) groups is 1. The Bertz CT molecular complexity index is 1350. The van der Waals surface area contributed by atoms with Gasteiger partial charge in [-0.15, -0.1) is 23.7 Å². The van der Waals surface area contributed by atoms with Gasteiger partial charge in [0, 0.05) is 22.5 Å². The first-order valence-electron chi connectivity index (χ1n) is 14.0. The number of hydrogen-bond donors (Lipinski definition) is 0. The number of nitrogens with zero attached hydrogens (tertiary/aromatic N) is 1. The number of carbonyl (C=O) groups excluding carboxylic acids is 1. The number of ether oxygens (including phenoxy) is 3. The topological polar surface area (TPSA) is 48.0 Å². The molecule has 0 N–H and O–H groups in total. The molecule has 0 unspecified atom stereocenters. The minimum Gasteiger partial charge on any atom is -0.494 e. The van der Waals surface area contributed by atoms with E-state index in [0.29, 0.717) is 26.1 Å². The molecule has 1 fully saturated rings. The van der Waals surface area contributed by atoms with Gasteiger partial charge in [-0.2, -0.15) is 0 Å². The highest BCUT2D eigenvalue weighted by Gasteiger charge is 2.15. The number of esters is 1. The predicted molar refractivity (Wildman–Crippen MR) is 166 cm³/mol. The highest BCUT2D eigenvalue weighted by Crippen LogP contribution is 2.40. The van der Waals surface area contributed by atoms with Crippen LogP contribution in [0.15, 0.2) is 72.8 Å². The summed E-state index contributed by atoms with van der Waals surface area (Å²) in [5, 5.41) is 1.31. The number of benzene rings is 3. The summed E-state index contributed by atoms with van der Waals surface area (Å²) in [4.78, 5) is 15.3. The van der Waals surface area contributed by atoms with E-state index in [4.69, 9.17) is 14.2 Å². The van der Waals surface area contributed by atoms with Crippen molar-refractivity contribution in [1.82, 2.24) is 4.90 Å². The van der Waals surface area contributed by atoms with Crippen LogP contribution in [0.4, 0.5) is 0 Å². The first-order valence-corrected chi connectivity index (χ1v) is 14.8. The van der Waals surface area contributed by atoms with Crippen LogP contribution in [0.5, 0.6) is 11.5 Å². The molecule has 0 bridgehead atoms. The van der Waals surface area contributed by atoms with Gasteiger partial charge in [0.25, 0.3) is 0 Å². The SMILES string of the molecule is CCOC(=O)CCCOc1ccc(Cc2c(-c3ccc(OCCN4CCCC4)cc3)sc3ccccc23)cc1.Cl. The third-order valence-corrected chi connectivity index (χ3v) is 8.36. The van der Waals surface area contributed by atoms with Gasteiger partial charge in [-0.25, -0.2) is 0 Å². The zero-order chi connectivity index (χ0) is 26.9. The van der Waals surface area contributed by atoms with E-state index in [1.54, 1.807) is 0 Å². The van der Waals surface area contributed by atoms with Crippen LogP contribution in [0.25, 0.3) is 20.5 Å². The van der Waals surface area contributed by atoms with Gasteiger partial charge in [-0.05, 0) is 110 Å². The molecule has 40 heavy (non-hydrogen) atoms. The molecule has 7 heteroatoms. The molecule has 0 amide bonds. The Kier molecular flexibility index (Phi) is 11.3. The van der Waals surface area contributed by atoms with E-state index < -0.39 is 0 Å². The number of hydrogen-bond acceptors (Lipinski definition) is 6. The number of likely N-dealkylation sites (tertiary alicyclic amines) is 1. The summed E-state index contributed by atoms with van der Waals surface area (Å²) in [6.07, 6.45) is 4.49. The summed E-state index contributed by atoms with van der Waals surface area (Å²) in [5.41, 5.74) is 3.81. The highest BCUT2D eigenvalue weighted by molar-refractivity contribution is 7.22. The maximum atomic E-state index is 11.5. The third kappa shape index (κ3) is 8.00. The molecular formula is C33H38ClNO4S. The molecule has 0 saturated carbocycles. The van der Waals surface area contributed by atoms with Crippen molar-refractivity contribution in [2.45, 2.75) is 39.0 Å². The summed E-state index contributed by atoms with van der Waals surface area (Å²) >= 11 is 1.85. The van der Waals surface area contributed by atoms with Gasteiger partial charge in [-0.1, -0.05) is 30.3 Å². The summed E-state index contributed by atoms with van der Waals surface area (Å²) in [6, 6.07) is 25.5. The molecule has 1 aliphatic heterocycles. The van der Waals surface area contributed by atoms with Crippen molar-refractivity contribution in [2.75, 3.05) is 39.5 Å². The van der Waals surface area contributed by atoms with Crippen molar-refractivity contribution in [1.29, 1.82) is 0 Å². The zero-order valence-corrected chi connectivity index (χ0v) is 24.7. The van der Waals surface area contributed by atoms with Gasteiger partial charge >= 0.3 is 5.97 Å². The summed E-state index contributed by atoms with van der Waals surface area (Å²) in [5.74, 6) is 1.58. The summed E-state index contributed by atoms with van der Waals surface area (Å²) in [7, 11) is 0. The van der Waals surface area contributed by atoms with Crippen LogP contribution < -0.4 is 9.47 Å². The van der Waals surface area contributed by atoms with Crippen molar-refractivity contribution in [3.05, 3.63) is 83.9 Å². The minimum absolute atomic E-state index is 0. The van der Waals surface area contributed by atoms with Crippen LogP contribution in [0.3, 0.4) is 0 Å². The van der Waals surface area contributed by atoms with Crippen molar-refractivity contribution in [3.63, 3.8) is 0 Å². The van der Waals surface area contributed by atoms with E-state index in [9.17, 15) is 4.79 Å². The van der Waals surface area contributed by atoms with Gasteiger partial charge in [-0.3, -0.25) is 9.69 Å². The Balaban J connectivity index is 0.00000370. The van der Waals surface area contributed by atoms with Gasteiger partial charge < -0.3 is 14.2 Å². The van der Waals surface area contributed by atoms with Crippen molar-refractivity contribution < 1.29 is 19.0 Å². The third-order valence-electron chi connectivity index (χ3n) is 7.09. The molecule has 1 saturated heterocycles. The fraction of sp³-hybridized carbons (Fsp3) is 0.364. The molecule has 4 aromatic rings. The maximum Gasteiger partial charge on any atom is 0.305 e. The first-order chi connectivity index (χ1) is 19.2. The van der Waals surface area contributed by atoms with E-state index in [1.165, 1.54) is 57.6 Å². The highest BCUT2D eigenvalue weighted by atomic mass is 35.5. The zero-order valence-electron chi connectivity index (χ0n) is 23.1. The molecule has 5 nitrogen and oxygen atoms in total. The van der Waals surface area contributed by atoms with Crippen LogP contribution in [-0.4, -0.2) is 50.3 Å². The molecule has 0 radical (unpaired) electrons. The van der Waals surface area contributed by atoms with Crippen molar-refractivity contribution >= 4 is 39.8 Å². The molecule has 212 valence electrons. The molecule has 0 aliphatic carbocycles. The van der Waals surface area contributed by atoms with E-state index in [0.717, 1.165) is 31.1 Å². The van der Waals surface area contributed by atoms with Gasteiger partial charge in [0.05, 0.1) is 13.2 Å². The second-order valence-electron chi connectivity index (χ2n) is 9.91. The second kappa shape index (κ2) is 15.1. The van der Waals surface area contributed by atoms with Crippen LogP contribution in [-0.2, 0) is 16.0 Å². The second-order valence-corrected chi connectivity index (χ2v) is 11.0. The molecule has 3 aromatic carbocycles. The lowest BCUT2D eigenvalue weighted by atomic mass is 9.99. The first kappa shape index (κ1) is 29.9. The molecule has 5 rings (SSSR count). The van der Waals surface area contributed by atoms with Gasteiger partial charge in [0.15, 0.2) is 0 Å². The van der Waals surface area contributed by atoms with E-state index in [1.807, 2.05) is 30.4 Å². The van der Waals surface area contributed by atoms with Crippen molar-refractivity contribution in [3.8, 4) is 21.9 Å². The molecule has 1 aliphatic rings. The standard InChI is InChI=1S/C33H37NO4S.ClH/c1-2-36-32(35)10-7-22-37-27-15-11-25(12-16-27)24-30-29-8-3-4-9-31(29)39-33(30)26-13-17-28(18-14-26)38-23-21-34-19-5-6-20-34;/h3-4,8-9,11-18H,2,5-7,10,19-24H2,1H3;1H. The fourth-order valence-corrected chi connectivity index (χ4v) is 6.28. The van der Waals surface area contributed by atoms with E-state index >= 15 is 0 Å². The maximum absolute atomic E-state index is 11.5. The molecule has 2 heterocycles. The Hall–Kier alpha value is -3.06. The van der Waals surface area contributed by atoms with Crippen LogP contribution in [0, 0.1) is 0 Å². The van der Waals surface area contributed by atoms with E-state index in [-0.39, 0.29) is 18.4 Å². The van der Waals surface area contributed by atoms with Crippen LogP contribution in [0.1, 0.15) is 43.7 Å². The Morgan fingerprint density at radius 2 is 1.55 bits per heavy atom. The Morgan fingerprint density at radius 3 is 2.27 bits per heavy atom. The number of rotatable bonds is 13. The Labute approximate surface area is 247 Å². The monoisotopic (exact) mass is 579 g/mol. The number of fused-ring (bicyclic) bond motifs is 1. The lowest BCUT2D eigenvalue weighted by molar-refractivity contribution is -0.143. The smallest absolute Gasteiger partial charge is 0.305 e. The number of thiophene rings is 1. The van der Waals surface area contributed by atoms with Gasteiger partial charge in [0.2, 0.25) is 0 Å². The Morgan fingerprint density at radius 1 is 0.875 bits per heavy atom. The molecule has 0 spiro atoms. The predicted octanol–water partition coefficient (Wildman–Crippen LogP) is 7.78. The summed E-state index contributed by atoms with van der Waals surface area (Å²) in [6.45, 7) is 6.86. The molecule has 1 aromatic heterocycles. The molecule has 0 atom stereocenters. The normalized spacial score (nSPS) is 13.2. The lowest BCUT2D eigenvalue weighted by Gasteiger charge is -2.15. The summed E-state index contributed by atoms with van der Waals surface area (Å²) < 4.78 is 18.1. The average molecular weight is 580 g/mol. The van der Waals surface area contributed by atoms with Crippen LogP contribution in [0.2, 0.25) is 0 Å². The largest absolute Gasteiger partial charge is 0.494 e. The number of halogens is 1. The van der Waals surface area contributed by atoms with Crippen LogP contribution >= 0.6 is 23.7 Å². The lowest BCUT2D eigenvalue weighted by Crippen LogP contribution is -2.25. The average Bonchev–Trinajstić information content (AvgIpc) is 3.61.